The van der Waals surface area contributed by atoms with Crippen LogP contribution in [0.25, 0.3) is 0 Å². The molecule has 3 saturated carbocycles. The maximum absolute atomic E-state index is 13.2. The van der Waals surface area contributed by atoms with E-state index in [2.05, 4.69) is 25.0 Å². The second-order valence-electron chi connectivity index (χ2n) is 13.1. The van der Waals surface area contributed by atoms with Gasteiger partial charge in [0.2, 0.25) is 0 Å². The molecule has 0 spiro atoms. The topological polar surface area (TPSA) is 60.7 Å². The van der Waals surface area contributed by atoms with Crippen molar-refractivity contribution in [2.24, 2.45) is 23.2 Å². The minimum Gasteiger partial charge on any atom is -0.393 e. The molecule has 3 N–H and O–H groups in total. The Morgan fingerprint density at radius 2 is 1.65 bits per heavy atom. The predicted octanol–water partition coefficient (Wildman–Crippen LogP) is 7.80. The molecule has 3 nitrogen and oxygen atoms in total. The molecule has 0 aliphatic heterocycles. The summed E-state index contributed by atoms with van der Waals surface area (Å²) in [6.45, 7) is 5.52. The first kappa shape index (κ1) is 33.0. The summed E-state index contributed by atoms with van der Waals surface area (Å²) in [5.41, 5.74) is -3.62. The molecule has 3 fully saturated rings. The van der Waals surface area contributed by atoms with E-state index in [0.717, 1.165) is 57.3 Å². The quantitative estimate of drug-likeness (QED) is 0.213. The van der Waals surface area contributed by atoms with Crippen molar-refractivity contribution in [1.82, 2.24) is 0 Å². The van der Waals surface area contributed by atoms with Crippen molar-refractivity contribution in [3.8, 4) is 11.8 Å². The summed E-state index contributed by atoms with van der Waals surface area (Å²) in [4.78, 5) is 0. The lowest BCUT2D eigenvalue weighted by atomic mass is 9.60. The van der Waals surface area contributed by atoms with Crippen LogP contribution in [0.3, 0.4) is 0 Å². The van der Waals surface area contributed by atoms with E-state index in [-0.39, 0.29) is 35.7 Å². The van der Waals surface area contributed by atoms with Crippen LogP contribution in [0, 0.1) is 35.0 Å². The van der Waals surface area contributed by atoms with E-state index < -0.39 is 23.6 Å². The molecule has 0 amide bonds. The van der Waals surface area contributed by atoms with E-state index in [9.17, 15) is 41.7 Å². The van der Waals surface area contributed by atoms with Gasteiger partial charge < -0.3 is 15.3 Å². The molecule has 9 heteroatoms. The fourth-order valence-electron chi connectivity index (χ4n) is 7.36. The number of halogens is 6. The van der Waals surface area contributed by atoms with Crippen molar-refractivity contribution in [3.63, 3.8) is 0 Å². The Bertz CT molecular complexity index is 980. The zero-order valence-electron chi connectivity index (χ0n) is 23.8. The van der Waals surface area contributed by atoms with Gasteiger partial charge >= 0.3 is 18.0 Å². The Labute approximate surface area is 234 Å². The highest BCUT2D eigenvalue weighted by Gasteiger charge is 2.70. The van der Waals surface area contributed by atoms with E-state index in [1.165, 1.54) is 11.1 Å². The fraction of sp³-hybridized carbons (Fsp3) is 0.806. The smallest absolute Gasteiger partial charge is 0.393 e. The van der Waals surface area contributed by atoms with Crippen molar-refractivity contribution in [2.45, 2.75) is 134 Å². The first-order chi connectivity index (χ1) is 18.4. The van der Waals surface area contributed by atoms with Crippen LogP contribution in [-0.2, 0) is 0 Å². The molecule has 2 unspecified atom stereocenters. The summed E-state index contributed by atoms with van der Waals surface area (Å²) in [7, 11) is 0. The summed E-state index contributed by atoms with van der Waals surface area (Å²) in [6, 6.07) is 0. The lowest BCUT2D eigenvalue weighted by molar-refractivity contribution is -0.343. The van der Waals surface area contributed by atoms with E-state index in [4.69, 9.17) is 0 Å². The Hall–Kier alpha value is -1.50. The van der Waals surface area contributed by atoms with Crippen LogP contribution >= 0.6 is 0 Å². The molecule has 3 aliphatic carbocycles. The molecule has 5 atom stereocenters. The van der Waals surface area contributed by atoms with Gasteiger partial charge in [-0.25, -0.2) is 0 Å². The van der Waals surface area contributed by atoms with Gasteiger partial charge in [-0.2, -0.15) is 26.3 Å². The van der Waals surface area contributed by atoms with Crippen LogP contribution in [0.15, 0.2) is 23.3 Å². The first-order valence-electron chi connectivity index (χ1n) is 14.5. The van der Waals surface area contributed by atoms with Gasteiger partial charge in [0.25, 0.3) is 0 Å². The molecule has 228 valence electrons. The molecule has 40 heavy (non-hydrogen) atoms. The lowest BCUT2D eigenvalue weighted by Gasteiger charge is -2.45. The average Bonchev–Trinajstić information content (AvgIpc) is 3.17. The van der Waals surface area contributed by atoms with Crippen LogP contribution in [0.4, 0.5) is 26.3 Å². The standard InChI is InChI=1S/C31H44F6O3/c1-27(2,39)17-5-9-22(11-7-19-29(40,30(32,33)34)31(35,36)37)25-15-16-26-23(10-6-18-28(25,26)3)14-13-21-8-4-12-24(38)20-21/h13-14,22,24-26,38-40H,4-6,8-12,15-18,20H2,1-3H3/b21-13-,23-14+/t22-,24+,25?,26?,28-/m1/s1. The Kier molecular flexibility index (Phi) is 10.2. The third-order valence-corrected chi connectivity index (χ3v) is 9.49. The molecule has 0 aromatic heterocycles. The SMILES string of the molecule is CC(C)(O)CCC[C@H](CC#CC(O)(C(F)(F)F)C(F)(F)F)C1CCC2/C(=C/C=C3/CCC[C@H](O)C3)CCC[C@@]21C. The van der Waals surface area contributed by atoms with Crippen molar-refractivity contribution in [3.05, 3.63) is 23.3 Å². The third-order valence-electron chi connectivity index (χ3n) is 9.49. The molecule has 0 aromatic rings. The lowest BCUT2D eigenvalue weighted by Crippen LogP contribution is -2.55. The number of alkyl halides is 6. The third kappa shape index (κ3) is 7.66. The van der Waals surface area contributed by atoms with Crippen molar-refractivity contribution >= 4 is 0 Å². The Morgan fingerprint density at radius 3 is 2.25 bits per heavy atom. The van der Waals surface area contributed by atoms with Crippen LogP contribution < -0.4 is 0 Å². The van der Waals surface area contributed by atoms with Crippen molar-refractivity contribution in [1.29, 1.82) is 0 Å². The summed E-state index contributed by atoms with van der Waals surface area (Å²) in [5, 5.41) is 29.7. The minimum atomic E-state index is -5.97. The van der Waals surface area contributed by atoms with Gasteiger partial charge in [-0.3, -0.25) is 0 Å². The van der Waals surface area contributed by atoms with Gasteiger partial charge in [0.05, 0.1) is 11.7 Å². The molecule has 0 heterocycles. The second kappa shape index (κ2) is 12.4. The van der Waals surface area contributed by atoms with E-state index in [0.29, 0.717) is 25.7 Å². The maximum atomic E-state index is 13.2. The van der Waals surface area contributed by atoms with E-state index >= 15 is 0 Å². The average molecular weight is 579 g/mol. The summed E-state index contributed by atoms with van der Waals surface area (Å²) < 4.78 is 79.1. The van der Waals surface area contributed by atoms with Gasteiger partial charge in [-0.05, 0) is 114 Å². The van der Waals surface area contributed by atoms with Crippen LogP contribution in [-0.4, -0.2) is 45.0 Å². The first-order valence-corrected chi connectivity index (χ1v) is 14.5. The number of hydrogen-bond acceptors (Lipinski definition) is 3. The van der Waals surface area contributed by atoms with Gasteiger partial charge in [-0.1, -0.05) is 42.6 Å². The zero-order chi connectivity index (χ0) is 30.0. The monoisotopic (exact) mass is 578 g/mol. The summed E-state index contributed by atoms with van der Waals surface area (Å²) in [6.07, 6.45) is 1.36. The highest BCUT2D eigenvalue weighted by molar-refractivity contribution is 5.26. The number of rotatable bonds is 7. The number of allylic oxidation sites excluding steroid dienone is 3. The molecular weight excluding hydrogens is 534 g/mol. The number of fused-ring (bicyclic) bond motifs is 1. The summed E-state index contributed by atoms with van der Waals surface area (Å²) in [5.74, 6) is 3.32. The number of aliphatic hydroxyl groups is 3. The normalized spacial score (nSPS) is 31.1. The van der Waals surface area contributed by atoms with Gasteiger partial charge in [-0.15, -0.1) is 0 Å². The highest BCUT2D eigenvalue weighted by Crippen LogP contribution is 2.60. The van der Waals surface area contributed by atoms with Crippen LogP contribution in [0.1, 0.15) is 104 Å². The van der Waals surface area contributed by atoms with Crippen molar-refractivity contribution in [2.75, 3.05) is 0 Å². The number of aliphatic hydroxyl groups excluding tert-OH is 1. The maximum Gasteiger partial charge on any atom is 0.438 e. The number of hydrogen-bond donors (Lipinski definition) is 3. The predicted molar refractivity (Wildman–Crippen MR) is 142 cm³/mol. The van der Waals surface area contributed by atoms with Gasteiger partial charge in [0.15, 0.2) is 0 Å². The molecule has 0 bridgehead atoms. The molecule has 0 radical (unpaired) electrons. The zero-order valence-corrected chi connectivity index (χ0v) is 23.8. The Morgan fingerprint density at radius 1 is 0.975 bits per heavy atom. The minimum absolute atomic E-state index is 0.0475. The molecule has 3 aliphatic rings. The fourth-order valence-corrected chi connectivity index (χ4v) is 7.36. The van der Waals surface area contributed by atoms with Crippen LogP contribution in [0.5, 0.6) is 0 Å². The molecule has 3 rings (SSSR count). The highest BCUT2D eigenvalue weighted by atomic mass is 19.4. The second-order valence-corrected chi connectivity index (χ2v) is 13.1. The van der Waals surface area contributed by atoms with E-state index in [1.807, 2.05) is 0 Å². The summed E-state index contributed by atoms with van der Waals surface area (Å²) >= 11 is 0. The molecule has 0 saturated heterocycles. The molecule has 0 aromatic carbocycles. The van der Waals surface area contributed by atoms with Crippen molar-refractivity contribution < 1.29 is 41.7 Å². The van der Waals surface area contributed by atoms with Gasteiger partial charge in [0, 0.05) is 6.42 Å². The van der Waals surface area contributed by atoms with Crippen LogP contribution in [0.2, 0.25) is 0 Å². The Balaban J connectivity index is 1.86. The van der Waals surface area contributed by atoms with E-state index in [1.54, 1.807) is 13.8 Å². The largest absolute Gasteiger partial charge is 0.438 e. The molecular formula is C31H44F6O3. The van der Waals surface area contributed by atoms with Gasteiger partial charge in [0.1, 0.15) is 0 Å².